The highest BCUT2D eigenvalue weighted by atomic mass is 79.9. The number of amides is 1. The number of carbonyl (C=O) groups excluding carboxylic acids is 1. The monoisotopic (exact) mass is 496 g/mol. The molecule has 0 spiro atoms. The van der Waals surface area contributed by atoms with Gasteiger partial charge in [0.2, 0.25) is 5.13 Å². The Morgan fingerprint density at radius 1 is 1.23 bits per heavy atom. The van der Waals surface area contributed by atoms with Gasteiger partial charge in [-0.25, -0.2) is 9.37 Å². The molecule has 1 aromatic heterocycles. The van der Waals surface area contributed by atoms with Gasteiger partial charge >= 0.3 is 0 Å². The number of anilines is 1. The lowest BCUT2D eigenvalue weighted by Crippen LogP contribution is -2.47. The molecule has 0 bridgehead atoms. The van der Waals surface area contributed by atoms with Gasteiger partial charge in [-0.15, -0.1) is 0 Å². The summed E-state index contributed by atoms with van der Waals surface area (Å²) in [5, 5.41) is 0.965. The fourth-order valence-corrected chi connectivity index (χ4v) is 5.15. The third-order valence-electron chi connectivity index (χ3n) is 5.80. The lowest BCUT2D eigenvalue weighted by atomic mass is 10.0. The average Bonchev–Trinajstić information content (AvgIpc) is 3.34. The van der Waals surface area contributed by atoms with Crippen molar-refractivity contribution in [2.45, 2.75) is 58.1 Å². The maximum absolute atomic E-state index is 14.2. The van der Waals surface area contributed by atoms with Crippen LogP contribution in [0.4, 0.5) is 9.52 Å². The zero-order valence-corrected chi connectivity index (χ0v) is 19.8. The Labute approximate surface area is 188 Å². The Morgan fingerprint density at radius 3 is 2.63 bits per heavy atom. The number of hydrogen-bond acceptors (Lipinski definition) is 6. The van der Waals surface area contributed by atoms with E-state index < -0.39 is 11.9 Å². The summed E-state index contributed by atoms with van der Waals surface area (Å²) in [6.45, 7) is 8.42. The van der Waals surface area contributed by atoms with Crippen LogP contribution >= 0.6 is 27.5 Å². The first-order valence-electron chi connectivity index (χ1n) is 10.3. The summed E-state index contributed by atoms with van der Waals surface area (Å²) in [5.74, 6) is 0.868. The number of piperidine rings is 1. The molecule has 3 heterocycles. The number of hydrogen-bond donors (Lipinski definition) is 0. The van der Waals surface area contributed by atoms with Crippen LogP contribution < -0.4 is 9.64 Å². The molecule has 162 valence electrons. The normalized spacial score (nSPS) is 20.5. The summed E-state index contributed by atoms with van der Waals surface area (Å²) in [5.41, 5.74) is 0.873. The molecular weight excluding hydrogens is 471 g/mol. The Morgan fingerprint density at radius 2 is 1.97 bits per heavy atom. The summed E-state index contributed by atoms with van der Waals surface area (Å²) < 4.78 is 25.1. The second-order valence-electron chi connectivity index (χ2n) is 8.27. The van der Waals surface area contributed by atoms with E-state index in [1.54, 1.807) is 6.07 Å². The lowest BCUT2D eigenvalue weighted by Gasteiger charge is -2.36. The molecule has 1 atom stereocenters. The van der Waals surface area contributed by atoms with Crippen LogP contribution in [-0.2, 0) is 4.79 Å². The Balaban J connectivity index is 1.35. The zero-order chi connectivity index (χ0) is 21.4. The van der Waals surface area contributed by atoms with Gasteiger partial charge < -0.3 is 14.5 Å². The first kappa shape index (κ1) is 21.5. The molecule has 2 aliphatic rings. The number of aromatic nitrogens is 2. The second-order valence-corrected chi connectivity index (χ2v) is 9.85. The molecule has 2 saturated heterocycles. The van der Waals surface area contributed by atoms with Gasteiger partial charge in [0.1, 0.15) is 5.82 Å². The topological polar surface area (TPSA) is 58.6 Å². The molecule has 0 aliphatic carbocycles. The van der Waals surface area contributed by atoms with Crippen LogP contribution in [0.25, 0.3) is 0 Å². The fourth-order valence-electron chi connectivity index (χ4n) is 3.98. The van der Waals surface area contributed by atoms with E-state index in [1.165, 1.54) is 17.6 Å². The van der Waals surface area contributed by atoms with Gasteiger partial charge in [-0.05, 0) is 37.5 Å². The summed E-state index contributed by atoms with van der Waals surface area (Å²) in [6.07, 6.45) is 1.75. The summed E-state index contributed by atoms with van der Waals surface area (Å²) in [7, 11) is 0. The quantitative estimate of drug-likeness (QED) is 0.608. The molecule has 2 aromatic rings. The Kier molecular flexibility index (Phi) is 6.29. The third-order valence-corrected chi connectivity index (χ3v) is 7.44. The van der Waals surface area contributed by atoms with Crippen molar-refractivity contribution < 1.29 is 13.9 Å². The van der Waals surface area contributed by atoms with E-state index in [2.05, 4.69) is 44.0 Å². The molecule has 0 N–H and O–H groups in total. The van der Waals surface area contributed by atoms with Crippen molar-refractivity contribution in [2.24, 2.45) is 0 Å². The van der Waals surface area contributed by atoms with Gasteiger partial charge in [-0.3, -0.25) is 4.79 Å². The number of benzene rings is 1. The molecule has 2 fully saturated rings. The van der Waals surface area contributed by atoms with E-state index in [-0.39, 0.29) is 17.7 Å². The predicted molar refractivity (Wildman–Crippen MR) is 119 cm³/mol. The fraction of sp³-hybridized carbons (Fsp3) is 0.571. The van der Waals surface area contributed by atoms with Crippen LogP contribution in [0.1, 0.15) is 50.4 Å². The highest BCUT2D eigenvalue weighted by molar-refractivity contribution is 9.10. The molecule has 0 saturated carbocycles. The predicted octanol–water partition coefficient (Wildman–Crippen LogP) is 4.52. The van der Waals surface area contributed by atoms with E-state index in [0.717, 1.165) is 42.5 Å². The van der Waals surface area contributed by atoms with E-state index in [1.807, 2.05) is 11.8 Å². The van der Waals surface area contributed by atoms with Crippen molar-refractivity contribution in [3.05, 3.63) is 33.8 Å². The van der Waals surface area contributed by atoms with Crippen molar-refractivity contribution in [3.8, 4) is 5.75 Å². The molecule has 6 nitrogen and oxygen atoms in total. The minimum Gasteiger partial charge on any atom is -0.477 e. The number of aryl methyl sites for hydroxylation is 1. The van der Waals surface area contributed by atoms with E-state index in [0.29, 0.717) is 23.4 Å². The van der Waals surface area contributed by atoms with Crippen molar-refractivity contribution in [1.29, 1.82) is 0 Å². The highest BCUT2D eigenvalue weighted by Gasteiger charge is 2.39. The van der Waals surface area contributed by atoms with Crippen LogP contribution in [0, 0.1) is 12.7 Å². The van der Waals surface area contributed by atoms with Gasteiger partial charge in [-0.1, -0.05) is 29.8 Å². The minimum absolute atomic E-state index is 0.0357. The average molecular weight is 497 g/mol. The molecule has 4 rings (SSSR count). The summed E-state index contributed by atoms with van der Waals surface area (Å²) in [6, 6.07) is 3.22. The van der Waals surface area contributed by atoms with E-state index >= 15 is 0 Å². The van der Waals surface area contributed by atoms with E-state index in [4.69, 9.17) is 4.74 Å². The van der Waals surface area contributed by atoms with Crippen LogP contribution in [0.3, 0.4) is 0 Å². The van der Waals surface area contributed by atoms with Crippen molar-refractivity contribution in [3.63, 3.8) is 0 Å². The Bertz CT molecular complexity index is 930. The van der Waals surface area contributed by atoms with Crippen LogP contribution in [0.5, 0.6) is 5.75 Å². The maximum Gasteiger partial charge on any atom is 0.263 e. The van der Waals surface area contributed by atoms with Crippen LogP contribution in [0.2, 0.25) is 0 Å². The van der Waals surface area contributed by atoms with Gasteiger partial charge in [0.25, 0.3) is 5.91 Å². The largest absolute Gasteiger partial charge is 0.477 e. The SMILES string of the molecule is Cc1cc(O[C@H]2CCN(C3CCN(c4nc(C(C)C)ns4)CC3)C2=O)c(F)cc1Br. The first-order valence-corrected chi connectivity index (χ1v) is 11.9. The van der Waals surface area contributed by atoms with Crippen molar-refractivity contribution in [2.75, 3.05) is 24.5 Å². The third kappa shape index (κ3) is 4.32. The number of nitrogens with zero attached hydrogens (tertiary/aromatic N) is 4. The lowest BCUT2D eigenvalue weighted by molar-refractivity contribution is -0.135. The number of rotatable bonds is 5. The van der Waals surface area contributed by atoms with E-state index in [9.17, 15) is 9.18 Å². The first-order chi connectivity index (χ1) is 14.3. The standard InChI is InChI=1S/C21H26BrFN4O2S/c1-12(2)19-24-21(30-25-19)26-7-4-14(5-8-26)27-9-6-17(20(27)28)29-18-10-13(3)15(22)11-16(18)23/h10-12,14,17H,4-9H2,1-3H3/t17-/m0/s1. The van der Waals surface area contributed by atoms with Crippen molar-refractivity contribution in [1.82, 2.24) is 14.3 Å². The highest BCUT2D eigenvalue weighted by Crippen LogP contribution is 2.31. The van der Waals surface area contributed by atoms with Crippen LogP contribution in [0.15, 0.2) is 16.6 Å². The zero-order valence-electron chi connectivity index (χ0n) is 17.4. The van der Waals surface area contributed by atoms with Gasteiger partial charge in [0.05, 0.1) is 0 Å². The molecule has 9 heteroatoms. The molecule has 1 amide bonds. The maximum atomic E-state index is 14.2. The number of halogens is 2. The number of carbonyl (C=O) groups is 1. The molecule has 1 aromatic carbocycles. The molecule has 0 radical (unpaired) electrons. The summed E-state index contributed by atoms with van der Waals surface area (Å²) >= 11 is 4.76. The minimum atomic E-state index is -0.616. The number of likely N-dealkylation sites (tertiary alicyclic amines) is 1. The van der Waals surface area contributed by atoms with Crippen molar-refractivity contribution >= 4 is 38.5 Å². The molecule has 2 aliphatic heterocycles. The number of ether oxygens (including phenoxy) is 1. The van der Waals surface area contributed by atoms with Gasteiger partial charge in [0.15, 0.2) is 17.7 Å². The van der Waals surface area contributed by atoms with Gasteiger partial charge in [-0.2, -0.15) is 4.37 Å². The van der Waals surface area contributed by atoms with Gasteiger partial charge in [0, 0.05) is 54.0 Å². The van der Waals surface area contributed by atoms with Crippen LogP contribution in [-0.4, -0.2) is 51.9 Å². The molecule has 0 unspecified atom stereocenters. The Hall–Kier alpha value is -1.74. The smallest absolute Gasteiger partial charge is 0.263 e. The second kappa shape index (κ2) is 8.78. The molecule has 30 heavy (non-hydrogen) atoms. The molecular formula is C21H26BrFN4O2S. The summed E-state index contributed by atoms with van der Waals surface area (Å²) in [4.78, 5) is 21.8.